The molecule has 0 spiro atoms. The molecule has 0 aromatic carbocycles. The number of hydrogen-bond donors (Lipinski definition) is 3. The Bertz CT molecular complexity index is 271. The number of guanidine groups is 1. The number of halogens is 1. The summed E-state index contributed by atoms with van der Waals surface area (Å²) < 4.78 is 5.30. The van der Waals surface area contributed by atoms with Gasteiger partial charge in [-0.05, 0) is 46.0 Å². The molecular weight excluding hydrogens is 369 g/mol. The van der Waals surface area contributed by atoms with Crippen LogP contribution >= 0.6 is 24.0 Å². The van der Waals surface area contributed by atoms with E-state index in [2.05, 4.69) is 15.6 Å². The lowest BCUT2D eigenvalue weighted by Crippen LogP contribution is -2.43. The highest BCUT2D eigenvalue weighted by Crippen LogP contribution is 2.31. The second kappa shape index (κ2) is 11.6. The van der Waals surface area contributed by atoms with Gasteiger partial charge in [0.15, 0.2) is 5.96 Å². The molecule has 0 bridgehead atoms. The number of unbranched alkanes of at least 4 members (excludes halogenated alkanes) is 1. The molecule has 0 atom stereocenters. The van der Waals surface area contributed by atoms with Crippen LogP contribution in [0.15, 0.2) is 4.99 Å². The summed E-state index contributed by atoms with van der Waals surface area (Å²) in [5.41, 5.74) is -0.544. The van der Waals surface area contributed by atoms with E-state index in [0.29, 0.717) is 6.54 Å². The van der Waals surface area contributed by atoms with Crippen molar-refractivity contribution in [2.45, 2.75) is 51.6 Å². The minimum absolute atomic E-state index is 0. The number of nitrogens with one attached hydrogen (secondary N) is 2. The SMILES string of the molecule is CCNC(=NCC1(O)CCC1)NCCCCOCC.I. The zero-order valence-corrected chi connectivity index (χ0v) is 15.1. The third-order valence-electron chi connectivity index (χ3n) is 3.37. The molecule has 5 nitrogen and oxygen atoms in total. The van der Waals surface area contributed by atoms with Crippen molar-refractivity contribution in [1.29, 1.82) is 0 Å². The topological polar surface area (TPSA) is 65.9 Å². The van der Waals surface area contributed by atoms with Crippen LogP contribution in [0.1, 0.15) is 46.0 Å². The van der Waals surface area contributed by atoms with E-state index < -0.39 is 5.60 Å². The summed E-state index contributed by atoms with van der Waals surface area (Å²) >= 11 is 0. The van der Waals surface area contributed by atoms with Crippen molar-refractivity contribution >= 4 is 29.9 Å². The first-order valence-electron chi connectivity index (χ1n) is 7.52. The molecule has 0 unspecified atom stereocenters. The Labute approximate surface area is 140 Å². The van der Waals surface area contributed by atoms with Crippen molar-refractivity contribution in [2.24, 2.45) is 4.99 Å². The molecule has 0 aromatic heterocycles. The van der Waals surface area contributed by atoms with E-state index in [1.807, 2.05) is 13.8 Å². The second-order valence-electron chi connectivity index (χ2n) is 5.10. The molecule has 1 fully saturated rings. The Morgan fingerprint density at radius 2 is 2.00 bits per heavy atom. The smallest absolute Gasteiger partial charge is 0.191 e. The van der Waals surface area contributed by atoms with Crippen molar-refractivity contribution < 1.29 is 9.84 Å². The van der Waals surface area contributed by atoms with Crippen molar-refractivity contribution in [2.75, 3.05) is 32.8 Å². The van der Waals surface area contributed by atoms with Crippen LogP contribution in [-0.2, 0) is 4.74 Å². The summed E-state index contributed by atoms with van der Waals surface area (Å²) in [6.45, 7) is 7.90. The fraction of sp³-hybridized carbons (Fsp3) is 0.929. The molecule has 1 aliphatic rings. The van der Waals surface area contributed by atoms with Gasteiger partial charge < -0.3 is 20.5 Å². The summed E-state index contributed by atoms with van der Waals surface area (Å²) in [7, 11) is 0. The second-order valence-corrected chi connectivity index (χ2v) is 5.10. The number of aliphatic imine (C=N–C) groups is 1. The lowest BCUT2D eigenvalue weighted by Gasteiger charge is -2.35. The Morgan fingerprint density at radius 3 is 2.55 bits per heavy atom. The van der Waals surface area contributed by atoms with Gasteiger partial charge in [-0.15, -0.1) is 24.0 Å². The van der Waals surface area contributed by atoms with Gasteiger partial charge in [-0.25, -0.2) is 0 Å². The van der Waals surface area contributed by atoms with Gasteiger partial charge in [-0.1, -0.05) is 0 Å². The van der Waals surface area contributed by atoms with Gasteiger partial charge in [0, 0.05) is 26.3 Å². The number of ether oxygens (including phenoxy) is 1. The minimum Gasteiger partial charge on any atom is -0.388 e. The maximum Gasteiger partial charge on any atom is 0.191 e. The first-order valence-corrected chi connectivity index (χ1v) is 7.52. The quantitative estimate of drug-likeness (QED) is 0.240. The molecule has 1 saturated carbocycles. The normalized spacial score (nSPS) is 17.1. The highest BCUT2D eigenvalue weighted by Gasteiger charge is 2.34. The molecule has 1 rings (SSSR count). The molecule has 0 amide bonds. The van der Waals surface area contributed by atoms with Gasteiger partial charge in [0.05, 0.1) is 12.1 Å². The van der Waals surface area contributed by atoms with Gasteiger partial charge in [0.1, 0.15) is 0 Å². The molecule has 0 aliphatic heterocycles. The van der Waals surface area contributed by atoms with Crippen molar-refractivity contribution in [3.63, 3.8) is 0 Å². The molecule has 1 aliphatic carbocycles. The molecule has 3 N–H and O–H groups in total. The summed E-state index contributed by atoms with van der Waals surface area (Å²) in [6.07, 6.45) is 5.00. The third-order valence-corrected chi connectivity index (χ3v) is 3.37. The Kier molecular flexibility index (Phi) is 11.5. The van der Waals surface area contributed by atoms with Gasteiger partial charge >= 0.3 is 0 Å². The van der Waals surface area contributed by atoms with E-state index in [9.17, 15) is 5.11 Å². The number of aliphatic hydroxyl groups is 1. The average Bonchev–Trinajstić information content (AvgIpc) is 2.37. The average molecular weight is 399 g/mol. The molecular formula is C14H30IN3O2. The van der Waals surface area contributed by atoms with Crippen LogP contribution in [-0.4, -0.2) is 49.5 Å². The van der Waals surface area contributed by atoms with E-state index in [1.54, 1.807) is 0 Å². The summed E-state index contributed by atoms with van der Waals surface area (Å²) in [5, 5.41) is 16.5. The van der Waals surface area contributed by atoms with Crippen LogP contribution in [0, 0.1) is 0 Å². The van der Waals surface area contributed by atoms with Gasteiger partial charge in [-0.3, -0.25) is 4.99 Å². The monoisotopic (exact) mass is 399 g/mol. The first kappa shape index (κ1) is 19.9. The number of nitrogens with zero attached hydrogens (tertiary/aromatic N) is 1. The number of hydrogen-bond acceptors (Lipinski definition) is 3. The van der Waals surface area contributed by atoms with Crippen molar-refractivity contribution in [1.82, 2.24) is 10.6 Å². The predicted octanol–water partition coefficient (Wildman–Crippen LogP) is 1.89. The fourth-order valence-electron chi connectivity index (χ4n) is 1.99. The van der Waals surface area contributed by atoms with Gasteiger partial charge in [0.2, 0.25) is 0 Å². The molecule has 20 heavy (non-hydrogen) atoms. The van der Waals surface area contributed by atoms with E-state index in [1.165, 1.54) is 0 Å². The Morgan fingerprint density at radius 1 is 1.25 bits per heavy atom. The van der Waals surface area contributed by atoms with Crippen LogP contribution in [0.5, 0.6) is 0 Å². The van der Waals surface area contributed by atoms with Crippen LogP contribution in [0.4, 0.5) is 0 Å². The van der Waals surface area contributed by atoms with Gasteiger partial charge in [-0.2, -0.15) is 0 Å². The van der Waals surface area contributed by atoms with E-state index in [0.717, 1.165) is 64.4 Å². The lowest BCUT2D eigenvalue weighted by molar-refractivity contribution is -0.0236. The van der Waals surface area contributed by atoms with Crippen LogP contribution in [0.25, 0.3) is 0 Å². The molecule has 0 radical (unpaired) electrons. The summed E-state index contributed by atoms with van der Waals surface area (Å²) in [6, 6.07) is 0. The van der Waals surface area contributed by atoms with E-state index >= 15 is 0 Å². The largest absolute Gasteiger partial charge is 0.388 e. The number of rotatable bonds is 9. The first-order chi connectivity index (χ1) is 9.20. The van der Waals surface area contributed by atoms with Gasteiger partial charge in [0.25, 0.3) is 0 Å². The fourth-order valence-corrected chi connectivity index (χ4v) is 1.99. The van der Waals surface area contributed by atoms with Crippen LogP contribution in [0.2, 0.25) is 0 Å². The Balaban J connectivity index is 0.00000361. The lowest BCUT2D eigenvalue weighted by atomic mass is 9.80. The summed E-state index contributed by atoms with van der Waals surface area (Å²) in [4.78, 5) is 4.45. The minimum atomic E-state index is -0.544. The maximum atomic E-state index is 10.0. The van der Waals surface area contributed by atoms with E-state index in [-0.39, 0.29) is 24.0 Å². The highest BCUT2D eigenvalue weighted by atomic mass is 127. The van der Waals surface area contributed by atoms with Crippen molar-refractivity contribution in [3.8, 4) is 0 Å². The maximum absolute atomic E-state index is 10.0. The zero-order chi connectivity index (χ0) is 14.0. The zero-order valence-electron chi connectivity index (χ0n) is 12.8. The highest BCUT2D eigenvalue weighted by molar-refractivity contribution is 14.0. The predicted molar refractivity (Wildman–Crippen MR) is 93.9 cm³/mol. The molecule has 0 saturated heterocycles. The third kappa shape index (κ3) is 8.26. The molecule has 120 valence electrons. The van der Waals surface area contributed by atoms with Crippen LogP contribution in [0.3, 0.4) is 0 Å². The molecule has 0 aromatic rings. The molecule has 6 heteroatoms. The standard InChI is InChI=1S/C14H29N3O2.HI/c1-3-15-13(16-10-5-6-11-19-4-2)17-12-14(18)8-7-9-14;/h18H,3-12H2,1-2H3,(H2,15,16,17);1H. The Hall–Kier alpha value is -0.0800. The van der Waals surface area contributed by atoms with E-state index in [4.69, 9.17) is 4.74 Å². The van der Waals surface area contributed by atoms with Crippen molar-refractivity contribution in [3.05, 3.63) is 0 Å². The summed E-state index contributed by atoms with van der Waals surface area (Å²) in [5.74, 6) is 0.805. The van der Waals surface area contributed by atoms with Crippen LogP contribution < -0.4 is 10.6 Å². The molecule has 0 heterocycles.